The number of ether oxygens (including phenoxy) is 1. The van der Waals surface area contributed by atoms with Crippen molar-refractivity contribution in [1.82, 2.24) is 4.98 Å². The largest absolute Gasteiger partial charge is 0.462 e. The maximum Gasteiger partial charge on any atom is 0.343 e. The van der Waals surface area contributed by atoms with E-state index in [9.17, 15) is 9.59 Å². The highest BCUT2D eigenvalue weighted by molar-refractivity contribution is 5.93. The van der Waals surface area contributed by atoms with Gasteiger partial charge in [-0.15, -0.1) is 0 Å². The van der Waals surface area contributed by atoms with Gasteiger partial charge < -0.3 is 9.72 Å². The van der Waals surface area contributed by atoms with Gasteiger partial charge in [0, 0.05) is 17.1 Å². The van der Waals surface area contributed by atoms with E-state index in [1.807, 2.05) is 6.07 Å². The molecular weight excluding hydrogens is 266 g/mol. The summed E-state index contributed by atoms with van der Waals surface area (Å²) in [7, 11) is 0. The van der Waals surface area contributed by atoms with Crippen LogP contribution in [0, 0.1) is 0 Å². The summed E-state index contributed by atoms with van der Waals surface area (Å²) in [6, 6.07) is 7.04. The predicted octanol–water partition coefficient (Wildman–Crippen LogP) is 4.39. The van der Waals surface area contributed by atoms with Gasteiger partial charge in [-0.25, -0.2) is 4.79 Å². The van der Waals surface area contributed by atoms with Gasteiger partial charge >= 0.3 is 5.97 Å². The highest BCUT2D eigenvalue weighted by Crippen LogP contribution is 2.07. The van der Waals surface area contributed by atoms with E-state index >= 15 is 0 Å². The molecule has 0 saturated heterocycles. The van der Waals surface area contributed by atoms with E-state index in [4.69, 9.17) is 4.74 Å². The Hall–Kier alpha value is -2.10. The zero-order valence-corrected chi connectivity index (χ0v) is 11.5. The van der Waals surface area contributed by atoms with E-state index in [0.717, 1.165) is 0 Å². The summed E-state index contributed by atoms with van der Waals surface area (Å²) in [4.78, 5) is 26.3. The molecule has 2 rings (SSSR count). The topological polar surface area (TPSA) is 59.2 Å². The molecule has 0 aliphatic heterocycles. The van der Waals surface area contributed by atoms with Crippen molar-refractivity contribution >= 4 is 16.9 Å². The van der Waals surface area contributed by atoms with Crippen LogP contribution in [0.4, 0.5) is 0 Å². The number of benzene rings is 1. The lowest BCUT2D eigenvalue weighted by Crippen LogP contribution is -2.17. The molecule has 0 aliphatic rings. The lowest BCUT2D eigenvalue weighted by molar-refractivity contribution is 0.0524. The molecule has 0 aliphatic carbocycles. The second-order valence-corrected chi connectivity index (χ2v) is 4.00. The summed E-state index contributed by atoms with van der Waals surface area (Å²) in [5, 5.41) is 0.494. The van der Waals surface area contributed by atoms with Crippen molar-refractivity contribution in [3.05, 3.63) is 46.2 Å². The zero-order chi connectivity index (χ0) is 14.3. The number of aromatic nitrogens is 1. The van der Waals surface area contributed by atoms with Gasteiger partial charge in [-0.3, -0.25) is 4.79 Å². The van der Waals surface area contributed by atoms with Crippen molar-refractivity contribution in [3.63, 3.8) is 0 Å². The maximum absolute atomic E-state index is 11.9. The predicted molar refractivity (Wildman–Crippen MR) is 90.0 cm³/mol. The molecule has 4 nitrogen and oxygen atoms in total. The molecule has 0 atom stereocenters. The standard InChI is InChI=1S/C12H11NO3.C3H8.2CH4/c1-2-16-12(15)9-7-13-10-6-4-3-5-8(10)11(9)14;1-3-2;;/h3-7H,2H2,1H3,(H,13,14);3H2,1-2H3;2*1H4. The molecule has 1 aromatic heterocycles. The van der Waals surface area contributed by atoms with E-state index in [1.54, 1.807) is 25.1 Å². The molecule has 0 fully saturated rings. The molecule has 4 heteroatoms. The van der Waals surface area contributed by atoms with Gasteiger partial charge in [0.25, 0.3) is 0 Å². The zero-order valence-electron chi connectivity index (χ0n) is 11.5. The van der Waals surface area contributed by atoms with E-state index in [2.05, 4.69) is 18.8 Å². The average Bonchev–Trinajstić information content (AvgIpc) is 2.40. The molecule has 0 saturated carbocycles. The lowest BCUT2D eigenvalue weighted by Gasteiger charge is -2.02. The number of hydrogen-bond donors (Lipinski definition) is 1. The molecule has 1 aromatic carbocycles. The minimum absolute atomic E-state index is 0. The van der Waals surface area contributed by atoms with E-state index < -0.39 is 5.97 Å². The van der Waals surface area contributed by atoms with Crippen LogP contribution in [0.25, 0.3) is 10.9 Å². The number of esters is 1. The van der Waals surface area contributed by atoms with Crippen LogP contribution >= 0.6 is 0 Å². The van der Waals surface area contributed by atoms with Gasteiger partial charge in [0.05, 0.1) is 6.61 Å². The van der Waals surface area contributed by atoms with Crippen LogP contribution in [0.15, 0.2) is 35.3 Å². The Kier molecular flexibility index (Phi) is 10.8. The first-order valence-electron chi connectivity index (χ1n) is 6.43. The highest BCUT2D eigenvalue weighted by atomic mass is 16.5. The number of H-pyrrole nitrogens is 1. The summed E-state index contributed by atoms with van der Waals surface area (Å²) < 4.78 is 4.80. The number of aromatic amines is 1. The number of fused-ring (bicyclic) bond motifs is 1. The molecule has 1 heterocycles. The number of rotatable bonds is 2. The van der Waals surface area contributed by atoms with Crippen molar-refractivity contribution in [2.75, 3.05) is 6.61 Å². The van der Waals surface area contributed by atoms with Gasteiger partial charge in [-0.1, -0.05) is 47.3 Å². The van der Waals surface area contributed by atoms with Crippen molar-refractivity contribution in [2.24, 2.45) is 0 Å². The molecule has 0 amide bonds. The SMILES string of the molecule is C.C.CCC.CCOC(=O)c1c[nH]c2ccccc2c1=O. The van der Waals surface area contributed by atoms with Crippen molar-refractivity contribution in [1.29, 1.82) is 0 Å². The van der Waals surface area contributed by atoms with E-state index in [1.165, 1.54) is 12.6 Å². The van der Waals surface area contributed by atoms with Gasteiger partial charge in [0.2, 0.25) is 5.43 Å². The summed E-state index contributed by atoms with van der Waals surface area (Å²) >= 11 is 0. The first-order valence-corrected chi connectivity index (χ1v) is 6.43. The van der Waals surface area contributed by atoms with Crippen LogP contribution in [-0.4, -0.2) is 17.6 Å². The van der Waals surface area contributed by atoms with Crippen molar-refractivity contribution < 1.29 is 9.53 Å². The van der Waals surface area contributed by atoms with Crippen LogP contribution in [0.2, 0.25) is 0 Å². The smallest absolute Gasteiger partial charge is 0.343 e. The maximum atomic E-state index is 11.9. The van der Waals surface area contributed by atoms with Gasteiger partial charge in [0.1, 0.15) is 5.56 Å². The fourth-order valence-corrected chi connectivity index (χ4v) is 1.53. The first kappa shape index (κ1) is 21.2. The van der Waals surface area contributed by atoms with Crippen LogP contribution in [0.3, 0.4) is 0 Å². The molecule has 0 radical (unpaired) electrons. The number of para-hydroxylation sites is 1. The van der Waals surface area contributed by atoms with Gasteiger partial charge in [-0.05, 0) is 19.1 Å². The third-order valence-electron chi connectivity index (χ3n) is 2.28. The Morgan fingerprint density at radius 1 is 1.14 bits per heavy atom. The second kappa shape index (κ2) is 10.7. The third-order valence-corrected chi connectivity index (χ3v) is 2.28. The lowest BCUT2D eigenvalue weighted by atomic mass is 10.1. The highest BCUT2D eigenvalue weighted by Gasteiger charge is 2.12. The van der Waals surface area contributed by atoms with Crippen LogP contribution in [-0.2, 0) is 4.74 Å². The van der Waals surface area contributed by atoms with Crippen LogP contribution in [0.5, 0.6) is 0 Å². The van der Waals surface area contributed by atoms with Crippen LogP contribution < -0.4 is 5.43 Å². The van der Waals surface area contributed by atoms with Crippen molar-refractivity contribution in [3.8, 4) is 0 Å². The Bertz CT molecular complexity index is 602. The fraction of sp³-hybridized carbons (Fsp3) is 0.412. The van der Waals surface area contributed by atoms with Gasteiger partial charge in [0.15, 0.2) is 0 Å². The molecular formula is C17H27NO3. The normalized spacial score (nSPS) is 8.71. The third kappa shape index (κ3) is 5.42. The minimum atomic E-state index is -0.588. The van der Waals surface area contributed by atoms with Crippen LogP contribution in [0.1, 0.15) is 52.4 Å². The van der Waals surface area contributed by atoms with Gasteiger partial charge in [-0.2, -0.15) is 0 Å². The second-order valence-electron chi connectivity index (χ2n) is 4.00. The Morgan fingerprint density at radius 2 is 1.71 bits per heavy atom. The summed E-state index contributed by atoms with van der Waals surface area (Å²) in [6.07, 6.45) is 2.64. The number of pyridine rings is 1. The van der Waals surface area contributed by atoms with E-state index in [-0.39, 0.29) is 32.5 Å². The number of carbonyl (C=O) groups excluding carboxylic acids is 1. The molecule has 0 bridgehead atoms. The fourth-order valence-electron chi connectivity index (χ4n) is 1.53. The molecule has 21 heavy (non-hydrogen) atoms. The molecule has 1 N–H and O–H groups in total. The Morgan fingerprint density at radius 3 is 2.29 bits per heavy atom. The summed E-state index contributed by atoms with van der Waals surface area (Å²) in [5.41, 5.74) is 0.453. The molecule has 118 valence electrons. The number of hydrogen-bond acceptors (Lipinski definition) is 3. The molecule has 0 spiro atoms. The molecule has 2 aromatic rings. The quantitative estimate of drug-likeness (QED) is 0.835. The minimum Gasteiger partial charge on any atom is -0.462 e. The van der Waals surface area contributed by atoms with Crippen molar-refractivity contribution in [2.45, 2.75) is 42.0 Å². The first-order chi connectivity index (χ1) is 9.15. The monoisotopic (exact) mass is 293 g/mol. The summed E-state index contributed by atoms with van der Waals surface area (Å²) in [6.45, 7) is 6.21. The molecule has 0 unspecified atom stereocenters. The Balaban J connectivity index is 0. The number of nitrogens with one attached hydrogen (secondary N) is 1. The summed E-state index contributed by atoms with van der Waals surface area (Å²) in [5.74, 6) is -0.588. The average molecular weight is 293 g/mol. The van der Waals surface area contributed by atoms with E-state index in [0.29, 0.717) is 10.9 Å². The Labute approximate surface area is 127 Å². The number of carbonyl (C=O) groups is 1.